The molecule has 7 heteroatoms. The summed E-state index contributed by atoms with van der Waals surface area (Å²) in [6, 6.07) is 3.38. The third-order valence-electron chi connectivity index (χ3n) is 2.50. The monoisotopic (exact) mass is 260 g/mol. The van der Waals surface area contributed by atoms with E-state index in [-0.39, 0.29) is 5.91 Å². The summed E-state index contributed by atoms with van der Waals surface area (Å²) in [7, 11) is 3.90. The smallest absolute Gasteiger partial charge is 0.271 e. The van der Waals surface area contributed by atoms with E-state index in [4.69, 9.17) is 0 Å². The number of likely N-dealkylation sites (N-methyl/N-ethyl adjacent to an activating group) is 1. The molecule has 0 saturated heterocycles. The summed E-state index contributed by atoms with van der Waals surface area (Å²) in [6.07, 6.45) is 5.05. The molecular weight excluding hydrogens is 244 g/mol. The molecule has 0 aliphatic carbocycles. The second-order valence-electron chi connectivity index (χ2n) is 4.31. The Hall–Kier alpha value is -2.28. The van der Waals surface area contributed by atoms with Crippen LogP contribution in [0.1, 0.15) is 10.5 Å². The van der Waals surface area contributed by atoms with Crippen molar-refractivity contribution in [1.29, 1.82) is 0 Å². The van der Waals surface area contributed by atoms with Gasteiger partial charge in [0.2, 0.25) is 0 Å². The SMILES string of the molecule is CN(C)CCNC(=O)c1ccc(-n2ccnc2)nn1. The standard InChI is InChI=1S/C12H16N6O/c1-17(2)7-6-14-12(19)10-3-4-11(16-15-10)18-8-5-13-9-18/h3-5,8-9H,6-7H2,1-2H3,(H,14,19). The average molecular weight is 260 g/mol. The van der Waals surface area contributed by atoms with Crippen LogP contribution in [0.3, 0.4) is 0 Å². The number of aromatic nitrogens is 4. The van der Waals surface area contributed by atoms with Crippen molar-refractivity contribution < 1.29 is 4.79 Å². The Morgan fingerprint density at radius 2 is 2.21 bits per heavy atom. The number of amides is 1. The third-order valence-corrected chi connectivity index (χ3v) is 2.50. The predicted molar refractivity (Wildman–Crippen MR) is 70.0 cm³/mol. The Morgan fingerprint density at radius 3 is 2.79 bits per heavy atom. The Morgan fingerprint density at radius 1 is 1.37 bits per heavy atom. The maximum absolute atomic E-state index is 11.8. The van der Waals surface area contributed by atoms with E-state index in [1.165, 1.54) is 0 Å². The Balaban J connectivity index is 1.96. The molecule has 2 aromatic rings. The van der Waals surface area contributed by atoms with Crippen LogP contribution in [0.4, 0.5) is 0 Å². The van der Waals surface area contributed by atoms with Gasteiger partial charge < -0.3 is 10.2 Å². The molecule has 2 aromatic heterocycles. The number of carbonyl (C=O) groups excluding carboxylic acids is 1. The van der Waals surface area contributed by atoms with Crippen molar-refractivity contribution in [3.05, 3.63) is 36.5 Å². The van der Waals surface area contributed by atoms with Crippen molar-refractivity contribution in [1.82, 2.24) is 30.0 Å². The maximum Gasteiger partial charge on any atom is 0.271 e. The normalized spacial score (nSPS) is 10.7. The third kappa shape index (κ3) is 3.59. The number of hydrogen-bond acceptors (Lipinski definition) is 5. The molecule has 0 fully saturated rings. The minimum Gasteiger partial charge on any atom is -0.349 e. The molecule has 0 spiro atoms. The molecule has 0 radical (unpaired) electrons. The lowest BCUT2D eigenvalue weighted by molar-refractivity contribution is 0.0945. The zero-order valence-corrected chi connectivity index (χ0v) is 10.9. The maximum atomic E-state index is 11.8. The summed E-state index contributed by atoms with van der Waals surface area (Å²) in [6.45, 7) is 1.36. The highest BCUT2D eigenvalue weighted by molar-refractivity contribution is 5.92. The van der Waals surface area contributed by atoms with Crippen LogP contribution in [0, 0.1) is 0 Å². The Bertz CT molecular complexity index is 520. The van der Waals surface area contributed by atoms with E-state index < -0.39 is 0 Å². The van der Waals surface area contributed by atoms with E-state index in [0.29, 0.717) is 18.1 Å². The minimum absolute atomic E-state index is 0.216. The molecule has 1 amide bonds. The van der Waals surface area contributed by atoms with Crippen LogP contribution in [0.5, 0.6) is 0 Å². The van der Waals surface area contributed by atoms with Gasteiger partial charge in [0.05, 0.1) is 0 Å². The van der Waals surface area contributed by atoms with Gasteiger partial charge in [0.15, 0.2) is 11.5 Å². The van der Waals surface area contributed by atoms with E-state index >= 15 is 0 Å². The van der Waals surface area contributed by atoms with Crippen LogP contribution in [0.25, 0.3) is 5.82 Å². The molecule has 100 valence electrons. The number of rotatable bonds is 5. The van der Waals surface area contributed by atoms with Crippen molar-refractivity contribution in [3.8, 4) is 5.82 Å². The zero-order valence-electron chi connectivity index (χ0n) is 10.9. The van der Waals surface area contributed by atoms with Crippen molar-refractivity contribution >= 4 is 5.91 Å². The van der Waals surface area contributed by atoms with Gasteiger partial charge in [0.1, 0.15) is 6.33 Å². The van der Waals surface area contributed by atoms with Gasteiger partial charge in [0.25, 0.3) is 5.91 Å². The molecule has 2 heterocycles. The van der Waals surface area contributed by atoms with E-state index in [9.17, 15) is 4.79 Å². The second kappa shape index (κ2) is 6.05. The number of hydrogen-bond donors (Lipinski definition) is 1. The molecule has 0 saturated carbocycles. The summed E-state index contributed by atoms with van der Waals surface area (Å²) in [4.78, 5) is 17.7. The molecule has 0 aliphatic heterocycles. The lowest BCUT2D eigenvalue weighted by Gasteiger charge is -2.09. The zero-order chi connectivity index (χ0) is 13.7. The highest BCUT2D eigenvalue weighted by atomic mass is 16.1. The predicted octanol–water partition coefficient (Wildman–Crippen LogP) is -0.0463. The van der Waals surface area contributed by atoms with Gasteiger partial charge in [-0.25, -0.2) is 4.98 Å². The molecular formula is C12H16N6O. The van der Waals surface area contributed by atoms with Crippen LogP contribution >= 0.6 is 0 Å². The minimum atomic E-state index is -0.216. The van der Waals surface area contributed by atoms with Crippen LogP contribution in [0.15, 0.2) is 30.9 Å². The molecule has 19 heavy (non-hydrogen) atoms. The second-order valence-corrected chi connectivity index (χ2v) is 4.31. The summed E-state index contributed by atoms with van der Waals surface area (Å²) in [5.74, 6) is 0.411. The lowest BCUT2D eigenvalue weighted by atomic mass is 10.3. The number of imidazole rings is 1. The van der Waals surface area contributed by atoms with Gasteiger partial charge in [0, 0.05) is 25.5 Å². The molecule has 0 unspecified atom stereocenters. The molecule has 2 rings (SSSR count). The summed E-state index contributed by atoms with van der Waals surface area (Å²) in [5.41, 5.74) is 0.308. The van der Waals surface area contributed by atoms with Crippen LogP contribution in [-0.4, -0.2) is 57.7 Å². The van der Waals surface area contributed by atoms with E-state index in [1.807, 2.05) is 19.0 Å². The fourth-order valence-corrected chi connectivity index (χ4v) is 1.46. The van der Waals surface area contributed by atoms with Crippen LogP contribution < -0.4 is 5.32 Å². The van der Waals surface area contributed by atoms with Crippen molar-refractivity contribution in [2.45, 2.75) is 0 Å². The van der Waals surface area contributed by atoms with Crippen molar-refractivity contribution in [2.24, 2.45) is 0 Å². The van der Waals surface area contributed by atoms with Crippen molar-refractivity contribution in [2.75, 3.05) is 27.2 Å². The number of nitrogens with one attached hydrogen (secondary N) is 1. The van der Waals surface area contributed by atoms with Gasteiger partial charge >= 0.3 is 0 Å². The average Bonchev–Trinajstić information content (AvgIpc) is 2.92. The van der Waals surface area contributed by atoms with E-state index in [1.54, 1.807) is 35.4 Å². The topological polar surface area (TPSA) is 75.9 Å². The van der Waals surface area contributed by atoms with Gasteiger partial charge in [-0.05, 0) is 26.2 Å². The number of carbonyl (C=O) groups is 1. The molecule has 0 atom stereocenters. The van der Waals surface area contributed by atoms with Gasteiger partial charge in [-0.1, -0.05) is 0 Å². The van der Waals surface area contributed by atoms with Gasteiger partial charge in [-0.15, -0.1) is 10.2 Å². The van der Waals surface area contributed by atoms with E-state index in [0.717, 1.165) is 6.54 Å². The summed E-state index contributed by atoms with van der Waals surface area (Å²) in [5, 5.41) is 10.7. The summed E-state index contributed by atoms with van der Waals surface area (Å²) >= 11 is 0. The quantitative estimate of drug-likeness (QED) is 0.816. The van der Waals surface area contributed by atoms with Crippen LogP contribution in [0.2, 0.25) is 0 Å². The Labute approximate surface area is 111 Å². The first-order valence-electron chi connectivity index (χ1n) is 5.92. The highest BCUT2D eigenvalue weighted by Crippen LogP contribution is 2.02. The highest BCUT2D eigenvalue weighted by Gasteiger charge is 2.08. The van der Waals surface area contributed by atoms with Crippen molar-refractivity contribution in [3.63, 3.8) is 0 Å². The fourth-order valence-electron chi connectivity index (χ4n) is 1.46. The lowest BCUT2D eigenvalue weighted by Crippen LogP contribution is -2.31. The Kier molecular flexibility index (Phi) is 4.19. The van der Waals surface area contributed by atoms with Gasteiger partial charge in [-0.2, -0.15) is 0 Å². The van der Waals surface area contributed by atoms with E-state index in [2.05, 4.69) is 20.5 Å². The largest absolute Gasteiger partial charge is 0.349 e. The molecule has 0 aromatic carbocycles. The molecule has 7 nitrogen and oxygen atoms in total. The summed E-state index contributed by atoms with van der Waals surface area (Å²) < 4.78 is 1.72. The van der Waals surface area contributed by atoms with Crippen LogP contribution in [-0.2, 0) is 0 Å². The first-order valence-corrected chi connectivity index (χ1v) is 5.92. The van der Waals surface area contributed by atoms with Gasteiger partial charge in [-0.3, -0.25) is 9.36 Å². The first-order chi connectivity index (χ1) is 9.16. The molecule has 0 bridgehead atoms. The molecule has 1 N–H and O–H groups in total. The first kappa shape index (κ1) is 13.2. The molecule has 0 aliphatic rings. The number of nitrogens with zero attached hydrogens (tertiary/aromatic N) is 5. The fraction of sp³-hybridized carbons (Fsp3) is 0.333.